The molecule has 0 fully saturated rings. The minimum absolute atomic E-state index is 0.769. The van der Waals surface area contributed by atoms with Crippen molar-refractivity contribution >= 4 is 29.4 Å². The SMILES string of the molecule is Cc1cc(Sc2cccs2)ccc1C=O. The highest BCUT2D eigenvalue weighted by molar-refractivity contribution is 8.01. The summed E-state index contributed by atoms with van der Waals surface area (Å²) in [6, 6.07) is 10.0. The Morgan fingerprint density at radius 2 is 2.20 bits per heavy atom. The van der Waals surface area contributed by atoms with Gasteiger partial charge in [0.15, 0.2) is 0 Å². The van der Waals surface area contributed by atoms with Crippen molar-refractivity contribution in [3.63, 3.8) is 0 Å². The molecule has 0 aliphatic heterocycles. The zero-order valence-electron chi connectivity index (χ0n) is 8.27. The van der Waals surface area contributed by atoms with Crippen LogP contribution in [0, 0.1) is 6.92 Å². The number of hydrogen-bond acceptors (Lipinski definition) is 3. The maximum Gasteiger partial charge on any atom is 0.150 e. The van der Waals surface area contributed by atoms with Crippen molar-refractivity contribution in [2.45, 2.75) is 16.0 Å². The van der Waals surface area contributed by atoms with E-state index in [0.29, 0.717) is 0 Å². The fraction of sp³-hybridized carbons (Fsp3) is 0.0833. The highest BCUT2D eigenvalue weighted by Gasteiger charge is 2.01. The van der Waals surface area contributed by atoms with E-state index in [2.05, 4.69) is 11.4 Å². The van der Waals surface area contributed by atoms with Crippen molar-refractivity contribution in [3.8, 4) is 0 Å². The van der Waals surface area contributed by atoms with E-state index < -0.39 is 0 Å². The number of aldehydes is 1. The third kappa shape index (κ3) is 2.49. The van der Waals surface area contributed by atoms with E-state index in [9.17, 15) is 4.79 Å². The van der Waals surface area contributed by atoms with Crippen LogP contribution >= 0.6 is 23.1 Å². The number of thiophene rings is 1. The topological polar surface area (TPSA) is 17.1 Å². The first-order valence-corrected chi connectivity index (χ1v) is 6.26. The lowest BCUT2D eigenvalue weighted by molar-refractivity contribution is 0.112. The summed E-state index contributed by atoms with van der Waals surface area (Å²) in [7, 11) is 0. The van der Waals surface area contributed by atoms with E-state index in [-0.39, 0.29) is 0 Å². The molecule has 0 bridgehead atoms. The second-order valence-corrected chi connectivity index (χ2v) is 5.49. The molecule has 0 aliphatic carbocycles. The van der Waals surface area contributed by atoms with Crippen LogP contribution in [0.3, 0.4) is 0 Å². The summed E-state index contributed by atoms with van der Waals surface area (Å²) in [4.78, 5) is 11.8. The normalized spacial score (nSPS) is 10.2. The van der Waals surface area contributed by atoms with Gasteiger partial charge in [0.2, 0.25) is 0 Å². The molecule has 0 radical (unpaired) electrons. The Balaban J connectivity index is 2.23. The second kappa shape index (κ2) is 4.64. The molecule has 0 saturated heterocycles. The number of aryl methyl sites for hydroxylation is 1. The van der Waals surface area contributed by atoms with Crippen molar-refractivity contribution in [2.75, 3.05) is 0 Å². The highest BCUT2D eigenvalue weighted by atomic mass is 32.2. The average molecular weight is 234 g/mol. The van der Waals surface area contributed by atoms with E-state index in [4.69, 9.17) is 0 Å². The molecule has 1 aromatic heterocycles. The molecule has 0 saturated carbocycles. The van der Waals surface area contributed by atoms with Gasteiger partial charge in [0.25, 0.3) is 0 Å². The Morgan fingerprint density at radius 1 is 1.33 bits per heavy atom. The van der Waals surface area contributed by atoms with E-state index in [1.807, 2.05) is 31.2 Å². The molecule has 0 atom stereocenters. The summed E-state index contributed by atoms with van der Waals surface area (Å²) in [6.07, 6.45) is 0.898. The van der Waals surface area contributed by atoms with Gasteiger partial charge in [-0.15, -0.1) is 11.3 Å². The molecule has 3 heteroatoms. The minimum atomic E-state index is 0.769. The van der Waals surface area contributed by atoms with E-state index in [0.717, 1.165) is 17.4 Å². The van der Waals surface area contributed by atoms with Gasteiger partial charge in [-0.05, 0) is 36.1 Å². The molecule has 15 heavy (non-hydrogen) atoms. The number of carbonyl (C=O) groups is 1. The Morgan fingerprint density at radius 3 is 2.80 bits per heavy atom. The minimum Gasteiger partial charge on any atom is -0.298 e. The zero-order chi connectivity index (χ0) is 10.7. The van der Waals surface area contributed by atoms with Crippen LogP contribution in [0.5, 0.6) is 0 Å². The molecule has 1 heterocycles. The van der Waals surface area contributed by atoms with Gasteiger partial charge in [-0.2, -0.15) is 0 Å². The number of hydrogen-bond donors (Lipinski definition) is 0. The Bertz CT molecular complexity index is 460. The fourth-order valence-corrected chi connectivity index (χ4v) is 3.13. The number of rotatable bonds is 3. The molecule has 76 valence electrons. The van der Waals surface area contributed by atoms with Gasteiger partial charge < -0.3 is 0 Å². The Labute approximate surface area is 97.1 Å². The Hall–Kier alpha value is -1.06. The molecule has 0 N–H and O–H groups in total. The fourth-order valence-electron chi connectivity index (χ4n) is 1.28. The molecule has 2 aromatic rings. The van der Waals surface area contributed by atoms with Crippen molar-refractivity contribution < 1.29 is 4.79 Å². The van der Waals surface area contributed by atoms with Crippen LogP contribution in [0.1, 0.15) is 15.9 Å². The van der Waals surface area contributed by atoms with Crippen molar-refractivity contribution in [3.05, 3.63) is 46.8 Å². The van der Waals surface area contributed by atoms with Crippen molar-refractivity contribution in [1.29, 1.82) is 0 Å². The first-order valence-electron chi connectivity index (χ1n) is 4.57. The van der Waals surface area contributed by atoms with Crippen LogP contribution in [0.4, 0.5) is 0 Å². The smallest absolute Gasteiger partial charge is 0.150 e. The van der Waals surface area contributed by atoms with E-state index in [1.165, 1.54) is 9.10 Å². The summed E-state index contributed by atoms with van der Waals surface area (Å²) in [5, 5.41) is 2.06. The molecule has 0 spiro atoms. The summed E-state index contributed by atoms with van der Waals surface area (Å²) in [5.74, 6) is 0. The maximum absolute atomic E-state index is 10.7. The van der Waals surface area contributed by atoms with Gasteiger partial charge in [-0.25, -0.2) is 0 Å². The summed E-state index contributed by atoms with van der Waals surface area (Å²) in [5.41, 5.74) is 1.80. The van der Waals surface area contributed by atoms with Gasteiger partial charge in [-0.3, -0.25) is 4.79 Å². The molecule has 0 unspecified atom stereocenters. The molecular weight excluding hydrogens is 224 g/mol. The lowest BCUT2D eigenvalue weighted by atomic mass is 10.1. The molecule has 1 nitrogen and oxygen atoms in total. The first-order chi connectivity index (χ1) is 7.29. The van der Waals surface area contributed by atoms with Crippen LogP contribution in [0.25, 0.3) is 0 Å². The monoisotopic (exact) mass is 234 g/mol. The summed E-state index contributed by atoms with van der Waals surface area (Å²) < 4.78 is 1.27. The maximum atomic E-state index is 10.7. The molecule has 0 aliphatic rings. The molecule has 0 amide bonds. The quantitative estimate of drug-likeness (QED) is 0.746. The molecular formula is C12H10OS2. The standard InChI is InChI=1S/C12H10OS2/c1-9-7-11(5-4-10(9)8-13)15-12-3-2-6-14-12/h2-8H,1H3. The molecule has 2 rings (SSSR count). The van der Waals surface area contributed by atoms with Gasteiger partial charge in [0.05, 0.1) is 4.21 Å². The van der Waals surface area contributed by atoms with Gasteiger partial charge in [0, 0.05) is 10.5 Å². The second-order valence-electron chi connectivity index (χ2n) is 3.17. The third-order valence-corrected chi connectivity index (χ3v) is 4.11. The highest BCUT2D eigenvalue weighted by Crippen LogP contribution is 2.31. The van der Waals surface area contributed by atoms with Crippen LogP contribution in [-0.4, -0.2) is 6.29 Å². The Kier molecular flexibility index (Phi) is 3.23. The predicted molar refractivity (Wildman–Crippen MR) is 65.0 cm³/mol. The number of benzene rings is 1. The van der Waals surface area contributed by atoms with Crippen LogP contribution in [0.2, 0.25) is 0 Å². The largest absolute Gasteiger partial charge is 0.298 e. The van der Waals surface area contributed by atoms with Crippen LogP contribution in [0.15, 0.2) is 44.8 Å². The van der Waals surface area contributed by atoms with Gasteiger partial charge in [0.1, 0.15) is 6.29 Å². The van der Waals surface area contributed by atoms with Crippen LogP contribution in [-0.2, 0) is 0 Å². The summed E-state index contributed by atoms with van der Waals surface area (Å²) >= 11 is 3.46. The average Bonchev–Trinajstić information content (AvgIpc) is 2.71. The van der Waals surface area contributed by atoms with Crippen LogP contribution < -0.4 is 0 Å². The molecule has 1 aromatic carbocycles. The van der Waals surface area contributed by atoms with Crippen molar-refractivity contribution in [2.24, 2.45) is 0 Å². The first kappa shape index (κ1) is 10.5. The number of carbonyl (C=O) groups excluding carboxylic acids is 1. The van der Waals surface area contributed by atoms with Gasteiger partial charge in [-0.1, -0.05) is 23.9 Å². The van der Waals surface area contributed by atoms with E-state index in [1.54, 1.807) is 23.1 Å². The lowest BCUT2D eigenvalue weighted by Crippen LogP contribution is -1.85. The zero-order valence-corrected chi connectivity index (χ0v) is 9.90. The lowest BCUT2D eigenvalue weighted by Gasteiger charge is -2.02. The van der Waals surface area contributed by atoms with Crippen molar-refractivity contribution in [1.82, 2.24) is 0 Å². The van der Waals surface area contributed by atoms with E-state index >= 15 is 0 Å². The predicted octanol–water partition coefficient (Wildman–Crippen LogP) is 4.02. The van der Waals surface area contributed by atoms with Gasteiger partial charge >= 0.3 is 0 Å². The summed E-state index contributed by atoms with van der Waals surface area (Å²) in [6.45, 7) is 1.96. The third-order valence-electron chi connectivity index (χ3n) is 2.08.